The molecule has 0 saturated heterocycles. The van der Waals surface area contributed by atoms with Gasteiger partial charge in [-0.3, -0.25) is 9.59 Å². The fourth-order valence-electron chi connectivity index (χ4n) is 1.87. The SMILES string of the molecule is Cc1ccc(C(O)CNC(=O)C(=O)Nc2ccccc2C#N)o1. The van der Waals surface area contributed by atoms with Crippen molar-refractivity contribution in [3.05, 3.63) is 53.5 Å². The van der Waals surface area contributed by atoms with Crippen LogP contribution in [0.1, 0.15) is 23.2 Å². The molecule has 1 aromatic carbocycles. The van der Waals surface area contributed by atoms with Crippen molar-refractivity contribution < 1.29 is 19.1 Å². The highest BCUT2D eigenvalue weighted by Gasteiger charge is 2.18. The lowest BCUT2D eigenvalue weighted by Crippen LogP contribution is -2.37. The fraction of sp³-hybridized carbons (Fsp3) is 0.188. The zero-order chi connectivity index (χ0) is 16.8. The van der Waals surface area contributed by atoms with Crippen LogP contribution >= 0.6 is 0 Å². The van der Waals surface area contributed by atoms with Gasteiger partial charge in [-0.1, -0.05) is 12.1 Å². The van der Waals surface area contributed by atoms with Gasteiger partial charge in [0.15, 0.2) is 0 Å². The second-order valence-electron chi connectivity index (χ2n) is 4.79. The molecule has 7 nitrogen and oxygen atoms in total. The molecule has 3 N–H and O–H groups in total. The molecule has 0 aliphatic rings. The second-order valence-corrected chi connectivity index (χ2v) is 4.79. The molecule has 0 radical (unpaired) electrons. The number of hydrogen-bond acceptors (Lipinski definition) is 5. The maximum Gasteiger partial charge on any atom is 0.313 e. The van der Waals surface area contributed by atoms with Gasteiger partial charge in [-0.25, -0.2) is 0 Å². The van der Waals surface area contributed by atoms with Gasteiger partial charge >= 0.3 is 11.8 Å². The molecule has 2 rings (SSSR count). The first kappa shape index (κ1) is 16.3. The summed E-state index contributed by atoms with van der Waals surface area (Å²) < 4.78 is 5.23. The first-order valence-electron chi connectivity index (χ1n) is 6.84. The molecule has 2 amide bonds. The van der Waals surface area contributed by atoms with E-state index >= 15 is 0 Å². The average Bonchev–Trinajstić information content (AvgIpc) is 2.99. The van der Waals surface area contributed by atoms with Gasteiger partial charge in [-0.2, -0.15) is 5.26 Å². The minimum atomic E-state index is -1.05. The van der Waals surface area contributed by atoms with Crippen LogP contribution < -0.4 is 10.6 Å². The standard InChI is InChI=1S/C16H15N3O4/c1-10-6-7-14(23-10)13(20)9-18-15(21)16(22)19-12-5-3-2-4-11(12)8-17/h2-7,13,20H,9H2,1H3,(H,18,21)(H,19,22). The van der Waals surface area contributed by atoms with Crippen molar-refractivity contribution in [3.63, 3.8) is 0 Å². The normalized spacial score (nSPS) is 11.3. The predicted octanol–water partition coefficient (Wildman–Crippen LogP) is 1.25. The van der Waals surface area contributed by atoms with Gasteiger partial charge in [-0.05, 0) is 31.2 Å². The Kier molecular flexibility index (Phi) is 5.12. The van der Waals surface area contributed by atoms with E-state index < -0.39 is 17.9 Å². The van der Waals surface area contributed by atoms with Crippen LogP contribution in [0.2, 0.25) is 0 Å². The number of carbonyl (C=O) groups excluding carboxylic acids is 2. The number of aliphatic hydroxyl groups is 1. The molecule has 0 aliphatic heterocycles. The number of amides is 2. The highest BCUT2D eigenvalue weighted by Crippen LogP contribution is 2.15. The minimum Gasteiger partial charge on any atom is -0.464 e. The number of aryl methyl sites for hydroxylation is 1. The Hall–Kier alpha value is -3.11. The number of aliphatic hydroxyl groups excluding tert-OH is 1. The first-order valence-corrected chi connectivity index (χ1v) is 6.84. The number of anilines is 1. The third-order valence-corrected chi connectivity index (χ3v) is 3.05. The van der Waals surface area contributed by atoms with Crippen LogP contribution in [-0.4, -0.2) is 23.5 Å². The molecule has 1 unspecified atom stereocenters. The number of nitrogens with one attached hydrogen (secondary N) is 2. The van der Waals surface area contributed by atoms with Gasteiger partial charge in [-0.15, -0.1) is 0 Å². The van der Waals surface area contributed by atoms with Gasteiger partial charge in [0, 0.05) is 0 Å². The van der Waals surface area contributed by atoms with E-state index in [4.69, 9.17) is 9.68 Å². The zero-order valence-corrected chi connectivity index (χ0v) is 12.4. The monoisotopic (exact) mass is 313 g/mol. The lowest BCUT2D eigenvalue weighted by Gasteiger charge is -2.10. The molecule has 1 heterocycles. The van der Waals surface area contributed by atoms with Crippen molar-refractivity contribution in [2.45, 2.75) is 13.0 Å². The van der Waals surface area contributed by atoms with Crippen LogP contribution in [0.3, 0.4) is 0 Å². The smallest absolute Gasteiger partial charge is 0.313 e. The summed E-state index contributed by atoms with van der Waals surface area (Å²) in [6.45, 7) is 1.56. The molecule has 1 aromatic heterocycles. The summed E-state index contributed by atoms with van der Waals surface area (Å²) in [6.07, 6.45) is -1.05. The van der Waals surface area contributed by atoms with Crippen LogP contribution in [0, 0.1) is 18.3 Å². The summed E-state index contributed by atoms with van der Waals surface area (Å²) in [5, 5.41) is 23.4. The van der Waals surface area contributed by atoms with Gasteiger partial charge in [0.2, 0.25) is 0 Å². The Bertz CT molecular complexity index is 761. The third kappa shape index (κ3) is 4.18. The lowest BCUT2D eigenvalue weighted by atomic mass is 10.2. The van der Waals surface area contributed by atoms with E-state index in [9.17, 15) is 14.7 Å². The molecule has 0 spiro atoms. The van der Waals surface area contributed by atoms with Crippen molar-refractivity contribution in [1.29, 1.82) is 5.26 Å². The van der Waals surface area contributed by atoms with Crippen molar-refractivity contribution in [2.75, 3.05) is 11.9 Å². The number of nitriles is 1. The van der Waals surface area contributed by atoms with Crippen molar-refractivity contribution in [1.82, 2.24) is 5.32 Å². The van der Waals surface area contributed by atoms with Gasteiger partial charge in [0.25, 0.3) is 0 Å². The number of nitrogens with zero attached hydrogens (tertiary/aromatic N) is 1. The summed E-state index contributed by atoms with van der Waals surface area (Å²) in [6, 6.07) is 11.5. The largest absolute Gasteiger partial charge is 0.464 e. The third-order valence-electron chi connectivity index (χ3n) is 3.05. The second kappa shape index (κ2) is 7.24. The Morgan fingerprint density at radius 3 is 2.65 bits per heavy atom. The van der Waals surface area contributed by atoms with Crippen molar-refractivity contribution in [3.8, 4) is 6.07 Å². The number of para-hydroxylation sites is 1. The van der Waals surface area contributed by atoms with Crippen LogP contribution in [0.5, 0.6) is 0 Å². The van der Waals surface area contributed by atoms with Gasteiger partial charge in [0.05, 0.1) is 17.8 Å². The molecule has 23 heavy (non-hydrogen) atoms. The number of hydrogen-bond donors (Lipinski definition) is 3. The van der Waals surface area contributed by atoms with E-state index in [2.05, 4.69) is 10.6 Å². The van der Waals surface area contributed by atoms with Gasteiger partial charge in [0.1, 0.15) is 23.7 Å². The van der Waals surface area contributed by atoms with Crippen molar-refractivity contribution >= 4 is 17.5 Å². The molecule has 1 atom stereocenters. The van der Waals surface area contributed by atoms with Crippen molar-refractivity contribution in [2.24, 2.45) is 0 Å². The predicted molar refractivity (Wildman–Crippen MR) is 81.2 cm³/mol. The lowest BCUT2D eigenvalue weighted by molar-refractivity contribution is -0.136. The number of rotatable bonds is 4. The molecule has 118 valence electrons. The van der Waals surface area contributed by atoms with Crippen LogP contribution in [0.15, 0.2) is 40.8 Å². The summed E-state index contributed by atoms with van der Waals surface area (Å²) in [4.78, 5) is 23.5. The van der Waals surface area contributed by atoms with Crippen LogP contribution in [0.4, 0.5) is 5.69 Å². The maximum absolute atomic E-state index is 11.8. The molecular formula is C16H15N3O4. The minimum absolute atomic E-state index is 0.168. The summed E-state index contributed by atoms with van der Waals surface area (Å²) in [5.74, 6) is -0.898. The van der Waals surface area contributed by atoms with E-state index in [-0.39, 0.29) is 17.8 Å². The fourth-order valence-corrected chi connectivity index (χ4v) is 1.87. The summed E-state index contributed by atoms with van der Waals surface area (Å²) in [7, 11) is 0. The maximum atomic E-state index is 11.8. The Balaban J connectivity index is 1.90. The molecular weight excluding hydrogens is 298 g/mol. The molecule has 0 bridgehead atoms. The van der Waals surface area contributed by atoms with E-state index in [1.165, 1.54) is 12.1 Å². The summed E-state index contributed by atoms with van der Waals surface area (Å²) in [5.41, 5.74) is 0.497. The number of benzene rings is 1. The zero-order valence-electron chi connectivity index (χ0n) is 12.4. The van der Waals surface area contributed by atoms with E-state index in [1.807, 2.05) is 6.07 Å². The highest BCUT2D eigenvalue weighted by molar-refractivity contribution is 6.39. The Morgan fingerprint density at radius 2 is 2.00 bits per heavy atom. The molecule has 0 saturated carbocycles. The molecule has 2 aromatic rings. The Morgan fingerprint density at radius 1 is 1.26 bits per heavy atom. The topological polar surface area (TPSA) is 115 Å². The highest BCUT2D eigenvalue weighted by atomic mass is 16.4. The summed E-state index contributed by atoms with van der Waals surface area (Å²) >= 11 is 0. The van der Waals surface area contributed by atoms with E-state index in [0.717, 1.165) is 0 Å². The molecule has 0 aliphatic carbocycles. The quantitative estimate of drug-likeness (QED) is 0.735. The molecule has 0 fully saturated rings. The van der Waals surface area contributed by atoms with Gasteiger partial charge < -0.3 is 20.2 Å². The van der Waals surface area contributed by atoms with Crippen LogP contribution in [-0.2, 0) is 9.59 Å². The number of carbonyl (C=O) groups is 2. The van der Waals surface area contributed by atoms with Crippen LogP contribution in [0.25, 0.3) is 0 Å². The first-order chi connectivity index (χ1) is 11.0. The Labute approximate surface area is 132 Å². The molecule has 7 heteroatoms. The van der Waals surface area contributed by atoms with E-state index in [0.29, 0.717) is 11.5 Å². The number of furan rings is 1. The average molecular weight is 313 g/mol. The van der Waals surface area contributed by atoms with E-state index in [1.54, 1.807) is 31.2 Å².